The number of fused-ring (bicyclic) bond motifs is 1. The fourth-order valence-corrected chi connectivity index (χ4v) is 4.38. The summed E-state index contributed by atoms with van der Waals surface area (Å²) >= 11 is 0. The molecule has 0 saturated heterocycles. The van der Waals surface area contributed by atoms with E-state index in [1.165, 1.54) is 23.4 Å². The minimum Gasteiger partial charge on any atom is -0.478 e. The van der Waals surface area contributed by atoms with Gasteiger partial charge in [0.1, 0.15) is 17.2 Å². The molecule has 1 atom stereocenters. The van der Waals surface area contributed by atoms with E-state index in [1.807, 2.05) is 42.6 Å². The van der Waals surface area contributed by atoms with Gasteiger partial charge in [-0.25, -0.2) is 9.78 Å². The van der Waals surface area contributed by atoms with Crippen LogP contribution in [0.2, 0.25) is 0 Å². The Morgan fingerprint density at radius 1 is 1.03 bits per heavy atom. The lowest BCUT2D eigenvalue weighted by Crippen LogP contribution is -2.16. The number of aromatic carboxylic acids is 1. The number of para-hydroxylation sites is 1. The van der Waals surface area contributed by atoms with Crippen molar-refractivity contribution in [1.29, 1.82) is 0 Å². The van der Waals surface area contributed by atoms with Crippen LogP contribution in [-0.4, -0.2) is 25.6 Å². The van der Waals surface area contributed by atoms with Crippen LogP contribution < -0.4 is 4.74 Å². The number of aryl methyl sites for hydroxylation is 1. The summed E-state index contributed by atoms with van der Waals surface area (Å²) in [6, 6.07) is 19.2. The van der Waals surface area contributed by atoms with E-state index in [0.29, 0.717) is 17.4 Å². The first-order chi connectivity index (χ1) is 15.7. The smallest absolute Gasteiger partial charge is 0.335 e. The molecule has 2 heterocycles. The number of hydrogen-bond acceptors (Lipinski definition) is 4. The van der Waals surface area contributed by atoms with Crippen molar-refractivity contribution >= 4 is 5.97 Å². The Labute approximate surface area is 186 Å². The molecule has 32 heavy (non-hydrogen) atoms. The average molecular weight is 425 g/mol. The monoisotopic (exact) mass is 425 g/mol. The summed E-state index contributed by atoms with van der Waals surface area (Å²) in [4.78, 5) is 20.1. The highest BCUT2D eigenvalue weighted by molar-refractivity contribution is 5.88. The number of hydrogen-bond donors (Lipinski definition) is 1. The van der Waals surface area contributed by atoms with Crippen molar-refractivity contribution in [2.45, 2.75) is 31.7 Å². The van der Waals surface area contributed by atoms with E-state index in [4.69, 9.17) is 4.74 Å². The van der Waals surface area contributed by atoms with Crippen molar-refractivity contribution in [2.75, 3.05) is 0 Å². The van der Waals surface area contributed by atoms with Crippen LogP contribution in [0.5, 0.6) is 11.5 Å². The third kappa shape index (κ3) is 4.12. The number of ether oxygens (including phenoxy) is 1. The number of carbonyl (C=O) groups is 1. The summed E-state index contributed by atoms with van der Waals surface area (Å²) in [7, 11) is 0. The van der Waals surface area contributed by atoms with Gasteiger partial charge in [-0.15, -0.1) is 0 Å². The number of nitrogens with zero attached hydrogens (tertiary/aromatic N) is 3. The summed E-state index contributed by atoms with van der Waals surface area (Å²) in [6.45, 7) is 0.764. The predicted molar refractivity (Wildman–Crippen MR) is 121 cm³/mol. The molecule has 0 fully saturated rings. The molecule has 6 nitrogen and oxygen atoms in total. The van der Waals surface area contributed by atoms with Gasteiger partial charge in [-0.05, 0) is 66.8 Å². The van der Waals surface area contributed by atoms with Crippen LogP contribution in [0.1, 0.15) is 40.2 Å². The van der Waals surface area contributed by atoms with Crippen LogP contribution in [0.4, 0.5) is 0 Å². The van der Waals surface area contributed by atoms with Crippen molar-refractivity contribution in [3.63, 3.8) is 0 Å². The van der Waals surface area contributed by atoms with Crippen LogP contribution >= 0.6 is 0 Å². The molecule has 6 heteroatoms. The third-order valence-electron chi connectivity index (χ3n) is 5.90. The molecule has 0 aliphatic heterocycles. The number of carboxylic acid groups (broad SMARTS) is 1. The zero-order chi connectivity index (χ0) is 21.9. The van der Waals surface area contributed by atoms with Gasteiger partial charge >= 0.3 is 5.97 Å². The standard InChI is InChI=1S/C26H23N3O3/c30-26(31)19-11-12-27-24(16-19)25-28-13-14-29(25)17-20-6-4-5-18-15-22(9-10-23(18)20)32-21-7-2-1-3-8-21/h1-3,7-16,20H,4-6,17H2,(H,30,31). The lowest BCUT2D eigenvalue weighted by Gasteiger charge is -2.27. The molecule has 1 aliphatic carbocycles. The van der Waals surface area contributed by atoms with Crippen LogP contribution in [0.25, 0.3) is 11.5 Å². The number of rotatable bonds is 6. The second-order valence-corrected chi connectivity index (χ2v) is 8.00. The minimum atomic E-state index is -0.971. The Balaban J connectivity index is 1.39. The maximum absolute atomic E-state index is 11.3. The summed E-state index contributed by atoms with van der Waals surface area (Å²) in [5.74, 6) is 1.75. The molecule has 160 valence electrons. The van der Waals surface area contributed by atoms with Gasteiger partial charge in [0.2, 0.25) is 0 Å². The second-order valence-electron chi connectivity index (χ2n) is 8.00. The van der Waals surface area contributed by atoms with Crippen LogP contribution in [0, 0.1) is 0 Å². The highest BCUT2D eigenvalue weighted by Crippen LogP contribution is 2.36. The first-order valence-electron chi connectivity index (χ1n) is 10.7. The van der Waals surface area contributed by atoms with Gasteiger partial charge in [-0.2, -0.15) is 0 Å². The zero-order valence-electron chi connectivity index (χ0n) is 17.5. The van der Waals surface area contributed by atoms with Gasteiger partial charge in [0.05, 0.1) is 5.56 Å². The van der Waals surface area contributed by atoms with E-state index < -0.39 is 5.97 Å². The van der Waals surface area contributed by atoms with Gasteiger partial charge in [0, 0.05) is 31.1 Å². The molecule has 4 aromatic rings. The van der Waals surface area contributed by atoms with Crippen molar-refractivity contribution in [1.82, 2.24) is 14.5 Å². The predicted octanol–water partition coefficient (Wildman–Crippen LogP) is 5.56. The highest BCUT2D eigenvalue weighted by Gasteiger charge is 2.23. The number of aromatic nitrogens is 3. The largest absolute Gasteiger partial charge is 0.478 e. The molecule has 2 aromatic carbocycles. The zero-order valence-corrected chi connectivity index (χ0v) is 17.5. The quantitative estimate of drug-likeness (QED) is 0.438. The van der Waals surface area contributed by atoms with E-state index >= 15 is 0 Å². The summed E-state index contributed by atoms with van der Waals surface area (Å²) < 4.78 is 8.09. The van der Waals surface area contributed by atoms with E-state index in [2.05, 4.69) is 26.7 Å². The lowest BCUT2D eigenvalue weighted by molar-refractivity contribution is 0.0697. The highest BCUT2D eigenvalue weighted by atomic mass is 16.5. The first kappa shape index (κ1) is 20.0. The Bertz CT molecular complexity index is 1250. The molecule has 0 bridgehead atoms. The Morgan fingerprint density at radius 2 is 1.91 bits per heavy atom. The van der Waals surface area contributed by atoms with E-state index in [-0.39, 0.29) is 5.56 Å². The minimum absolute atomic E-state index is 0.207. The summed E-state index contributed by atoms with van der Waals surface area (Å²) in [5.41, 5.74) is 3.43. The van der Waals surface area contributed by atoms with Gasteiger partial charge in [0.15, 0.2) is 5.82 Å². The van der Waals surface area contributed by atoms with E-state index in [0.717, 1.165) is 37.3 Å². The summed E-state index contributed by atoms with van der Waals surface area (Å²) in [5, 5.41) is 9.30. The van der Waals surface area contributed by atoms with Gasteiger partial charge in [0.25, 0.3) is 0 Å². The average Bonchev–Trinajstić information content (AvgIpc) is 3.28. The Morgan fingerprint density at radius 3 is 2.75 bits per heavy atom. The third-order valence-corrected chi connectivity index (χ3v) is 5.90. The fourth-order valence-electron chi connectivity index (χ4n) is 4.38. The normalized spacial score (nSPS) is 15.2. The molecule has 5 rings (SSSR count). The van der Waals surface area contributed by atoms with E-state index in [9.17, 15) is 9.90 Å². The molecule has 0 amide bonds. The van der Waals surface area contributed by atoms with Gasteiger partial charge in [-0.3, -0.25) is 4.98 Å². The number of carboxylic acids is 1. The molecule has 1 N–H and O–H groups in total. The first-order valence-corrected chi connectivity index (χ1v) is 10.7. The molecule has 0 saturated carbocycles. The Hall–Kier alpha value is -3.93. The SMILES string of the molecule is O=C(O)c1ccnc(-c2nccn2CC2CCCc3cc(Oc4ccccc4)ccc32)c1. The molecule has 1 unspecified atom stereocenters. The lowest BCUT2D eigenvalue weighted by atomic mass is 9.82. The number of benzene rings is 2. The molecule has 0 radical (unpaired) electrons. The maximum atomic E-state index is 11.3. The van der Waals surface area contributed by atoms with Crippen molar-refractivity contribution in [2.24, 2.45) is 0 Å². The fraction of sp³-hybridized carbons (Fsp3) is 0.192. The molecular weight excluding hydrogens is 402 g/mol. The number of pyridine rings is 1. The van der Waals surface area contributed by atoms with Crippen LogP contribution in [0.15, 0.2) is 79.3 Å². The Kier molecular flexibility index (Phi) is 5.42. The van der Waals surface area contributed by atoms with E-state index in [1.54, 1.807) is 12.3 Å². The second kappa shape index (κ2) is 8.67. The van der Waals surface area contributed by atoms with Crippen LogP contribution in [0.3, 0.4) is 0 Å². The molecular formula is C26H23N3O3. The topological polar surface area (TPSA) is 77.2 Å². The molecule has 0 spiro atoms. The van der Waals surface area contributed by atoms with Crippen LogP contribution in [-0.2, 0) is 13.0 Å². The van der Waals surface area contributed by atoms with Gasteiger partial charge in [-0.1, -0.05) is 24.3 Å². The maximum Gasteiger partial charge on any atom is 0.335 e. The van der Waals surface area contributed by atoms with Crippen molar-refractivity contribution in [3.8, 4) is 23.0 Å². The van der Waals surface area contributed by atoms with Gasteiger partial charge < -0.3 is 14.4 Å². The van der Waals surface area contributed by atoms with Crippen molar-refractivity contribution < 1.29 is 14.6 Å². The van der Waals surface area contributed by atoms with Crippen molar-refractivity contribution in [3.05, 3.63) is 95.9 Å². The number of imidazole rings is 1. The summed E-state index contributed by atoms with van der Waals surface area (Å²) in [6.07, 6.45) is 8.44. The molecule has 1 aliphatic rings. The molecule has 2 aromatic heterocycles.